The Morgan fingerprint density at radius 2 is 1.05 bits per heavy atom. The first-order valence-electron chi connectivity index (χ1n) is 15.6. The fourth-order valence-electron chi connectivity index (χ4n) is 6.58. The van der Waals surface area contributed by atoms with E-state index in [0.717, 1.165) is 85.5 Å². The van der Waals surface area contributed by atoms with Crippen molar-refractivity contribution in [3.8, 4) is 45.2 Å². The van der Waals surface area contributed by atoms with Crippen molar-refractivity contribution in [3.05, 3.63) is 66.9 Å². The summed E-state index contributed by atoms with van der Waals surface area (Å²) in [5.74, 6) is 0. The van der Waals surface area contributed by atoms with E-state index in [1.165, 1.54) is 61.1 Å². The molecular formula is C37H36N4S2. The van der Waals surface area contributed by atoms with Crippen LogP contribution >= 0.6 is 22.7 Å². The highest BCUT2D eigenvalue weighted by atomic mass is 32.1. The number of nitriles is 4. The van der Waals surface area contributed by atoms with Crippen LogP contribution in [0.4, 0.5) is 0 Å². The summed E-state index contributed by atoms with van der Waals surface area (Å²) in [5, 5.41) is 40.0. The minimum Gasteiger partial charge on any atom is -0.192 e. The number of fused-ring (bicyclic) bond motifs is 6. The molecular weight excluding hydrogens is 565 g/mol. The number of benzene rings is 1. The van der Waals surface area contributed by atoms with Crippen LogP contribution < -0.4 is 0 Å². The van der Waals surface area contributed by atoms with E-state index in [2.05, 4.69) is 63.2 Å². The van der Waals surface area contributed by atoms with Crippen LogP contribution in [-0.4, -0.2) is 0 Å². The van der Waals surface area contributed by atoms with Gasteiger partial charge < -0.3 is 0 Å². The monoisotopic (exact) mass is 600 g/mol. The van der Waals surface area contributed by atoms with E-state index >= 15 is 0 Å². The Morgan fingerprint density at radius 1 is 0.558 bits per heavy atom. The molecule has 0 bridgehead atoms. The predicted octanol–water partition coefficient (Wildman–Crippen LogP) is 10.8. The van der Waals surface area contributed by atoms with Gasteiger partial charge >= 0.3 is 0 Å². The van der Waals surface area contributed by atoms with Crippen LogP contribution in [0.15, 0.2) is 29.3 Å². The zero-order valence-electron chi connectivity index (χ0n) is 25.3. The second-order valence-electron chi connectivity index (χ2n) is 11.5. The molecule has 216 valence electrons. The van der Waals surface area contributed by atoms with Crippen molar-refractivity contribution in [2.75, 3.05) is 0 Å². The number of rotatable bonds is 12. The van der Waals surface area contributed by atoms with Gasteiger partial charge in [-0.05, 0) is 67.5 Å². The lowest BCUT2D eigenvalue weighted by atomic mass is 9.89. The SMILES string of the molecule is CCCCCCCCc1cc2c(s1)-c1c(cc3c(c1C)C(=C(C#N)C#N)c1cc(CCCCCC)sc1-3)C2=C(C#N)C#N. The second-order valence-corrected chi connectivity index (χ2v) is 13.8. The van der Waals surface area contributed by atoms with Crippen LogP contribution in [-0.2, 0) is 12.8 Å². The first-order chi connectivity index (χ1) is 21.0. The maximum Gasteiger partial charge on any atom is 0.138 e. The highest BCUT2D eigenvalue weighted by Gasteiger charge is 2.38. The van der Waals surface area contributed by atoms with E-state index in [0.29, 0.717) is 0 Å². The average molecular weight is 601 g/mol. The van der Waals surface area contributed by atoms with Gasteiger partial charge in [-0.2, -0.15) is 21.0 Å². The molecule has 1 aromatic carbocycles. The van der Waals surface area contributed by atoms with Gasteiger partial charge in [-0.25, -0.2) is 0 Å². The number of nitrogens with zero attached hydrogens (tertiary/aromatic N) is 4. The molecule has 0 radical (unpaired) electrons. The molecule has 0 fully saturated rings. The zero-order valence-corrected chi connectivity index (χ0v) is 27.0. The van der Waals surface area contributed by atoms with Gasteiger partial charge in [-0.1, -0.05) is 65.2 Å². The van der Waals surface area contributed by atoms with Gasteiger partial charge in [-0.3, -0.25) is 0 Å². The first kappa shape index (κ1) is 30.5. The van der Waals surface area contributed by atoms with Crippen molar-refractivity contribution in [1.82, 2.24) is 0 Å². The molecule has 0 saturated heterocycles. The Labute approximate surface area is 263 Å². The smallest absolute Gasteiger partial charge is 0.138 e. The van der Waals surface area contributed by atoms with Gasteiger partial charge in [0.1, 0.15) is 35.4 Å². The molecule has 0 atom stereocenters. The number of allylic oxidation sites excluding steroid dienone is 2. The number of hydrogen-bond acceptors (Lipinski definition) is 6. The molecule has 0 N–H and O–H groups in total. The Balaban J connectivity index is 1.63. The average Bonchev–Trinajstić information content (AvgIpc) is 3.75. The van der Waals surface area contributed by atoms with Gasteiger partial charge in [0.25, 0.3) is 0 Å². The number of thiophene rings is 2. The van der Waals surface area contributed by atoms with Crippen LogP contribution in [0.2, 0.25) is 0 Å². The molecule has 2 aromatic heterocycles. The molecule has 0 spiro atoms. The van der Waals surface area contributed by atoms with Gasteiger partial charge in [-0.15, -0.1) is 22.7 Å². The summed E-state index contributed by atoms with van der Waals surface area (Å²) < 4.78 is 0. The minimum atomic E-state index is 0.134. The molecule has 3 aromatic rings. The highest BCUT2D eigenvalue weighted by molar-refractivity contribution is 7.16. The fourth-order valence-corrected chi connectivity index (χ4v) is 9.13. The molecule has 0 unspecified atom stereocenters. The van der Waals surface area contributed by atoms with Crippen molar-refractivity contribution in [2.24, 2.45) is 0 Å². The number of unbranched alkanes of at least 4 members (excludes halogenated alkanes) is 8. The normalized spacial score (nSPS) is 12.1. The fraction of sp³-hybridized carbons (Fsp3) is 0.405. The molecule has 2 aliphatic rings. The van der Waals surface area contributed by atoms with Crippen LogP contribution in [0.1, 0.15) is 116 Å². The Morgan fingerprint density at radius 3 is 1.63 bits per heavy atom. The molecule has 2 aliphatic carbocycles. The van der Waals surface area contributed by atoms with E-state index in [4.69, 9.17) is 0 Å². The van der Waals surface area contributed by atoms with E-state index in [9.17, 15) is 21.0 Å². The topological polar surface area (TPSA) is 95.2 Å². The Bertz CT molecular complexity index is 1770. The third kappa shape index (κ3) is 5.59. The van der Waals surface area contributed by atoms with Crippen molar-refractivity contribution in [1.29, 1.82) is 21.0 Å². The third-order valence-corrected chi connectivity index (χ3v) is 11.1. The number of hydrogen-bond donors (Lipinski definition) is 0. The molecule has 0 aliphatic heterocycles. The van der Waals surface area contributed by atoms with Gasteiger partial charge in [0.15, 0.2) is 0 Å². The van der Waals surface area contributed by atoms with E-state index in [1.54, 1.807) is 22.7 Å². The second kappa shape index (κ2) is 13.6. The lowest BCUT2D eigenvalue weighted by Gasteiger charge is -2.14. The van der Waals surface area contributed by atoms with Crippen LogP contribution in [0.5, 0.6) is 0 Å². The van der Waals surface area contributed by atoms with Crippen molar-refractivity contribution >= 4 is 33.8 Å². The zero-order chi connectivity index (χ0) is 30.5. The van der Waals surface area contributed by atoms with Gasteiger partial charge in [0.05, 0.1) is 0 Å². The van der Waals surface area contributed by atoms with Gasteiger partial charge in [0, 0.05) is 52.9 Å². The van der Waals surface area contributed by atoms with Crippen molar-refractivity contribution in [2.45, 2.75) is 97.8 Å². The number of aryl methyl sites for hydroxylation is 2. The summed E-state index contributed by atoms with van der Waals surface area (Å²) in [6.45, 7) is 6.52. The Hall–Kier alpha value is -3.94. The van der Waals surface area contributed by atoms with Crippen LogP contribution in [0.3, 0.4) is 0 Å². The maximum atomic E-state index is 10.0. The largest absolute Gasteiger partial charge is 0.192 e. The van der Waals surface area contributed by atoms with Crippen molar-refractivity contribution < 1.29 is 0 Å². The molecule has 5 rings (SSSR count). The summed E-state index contributed by atoms with van der Waals surface area (Å²) in [6, 6.07) is 15.2. The van der Waals surface area contributed by atoms with Crippen LogP contribution in [0.25, 0.3) is 32.0 Å². The standard InChI is InChI=1S/C37H36N4S2/c1-4-6-8-10-11-13-15-27-16-29-34(24(19-38)20-39)28-18-31-32(23(3)33(28)37(29)43-27)35(25(21-40)22-41)30-17-26(42-36(30)31)14-12-9-7-5-2/h16-18H,4-15H2,1-3H3. The summed E-state index contributed by atoms with van der Waals surface area (Å²) in [4.78, 5) is 4.71. The molecule has 0 saturated carbocycles. The summed E-state index contributed by atoms with van der Waals surface area (Å²) in [6.07, 6.45) is 14.1. The molecule has 4 nitrogen and oxygen atoms in total. The Kier molecular flexibility index (Phi) is 9.63. The summed E-state index contributed by atoms with van der Waals surface area (Å²) in [7, 11) is 0. The van der Waals surface area contributed by atoms with Crippen LogP contribution in [0, 0.1) is 52.2 Å². The van der Waals surface area contributed by atoms with Crippen molar-refractivity contribution in [3.63, 3.8) is 0 Å². The summed E-state index contributed by atoms with van der Waals surface area (Å²) >= 11 is 3.51. The predicted molar refractivity (Wildman–Crippen MR) is 177 cm³/mol. The quantitative estimate of drug-likeness (QED) is 0.105. The molecule has 0 amide bonds. The third-order valence-electron chi connectivity index (χ3n) is 8.67. The molecule has 43 heavy (non-hydrogen) atoms. The molecule has 2 heterocycles. The summed E-state index contributed by atoms with van der Waals surface area (Å²) in [5.41, 5.74) is 8.59. The highest BCUT2D eigenvalue weighted by Crippen LogP contribution is 2.58. The minimum absolute atomic E-state index is 0.134. The first-order valence-corrected chi connectivity index (χ1v) is 17.2. The molecule has 6 heteroatoms. The van der Waals surface area contributed by atoms with E-state index in [1.807, 2.05) is 0 Å². The van der Waals surface area contributed by atoms with Gasteiger partial charge in [0.2, 0.25) is 0 Å². The lowest BCUT2D eigenvalue weighted by Crippen LogP contribution is -1.96. The maximum absolute atomic E-state index is 10.0. The van der Waals surface area contributed by atoms with E-state index in [-0.39, 0.29) is 11.1 Å². The van der Waals surface area contributed by atoms with E-state index < -0.39 is 0 Å². The lowest BCUT2D eigenvalue weighted by molar-refractivity contribution is 0.609.